The molecule has 2 aromatic carbocycles. The molecule has 0 aliphatic carbocycles. The standard InChI is InChI=1S/C21H25N3O4/c1-22(21(26)13-16-6-5-9-18(12-16)24(27)28)20(17-7-3-2-4-8-17)15-23-11-10-19(25)14-23/h2-9,12,19-20,25H,10-11,13-15H2,1H3. The third-order valence-corrected chi connectivity index (χ3v) is 5.20. The highest BCUT2D eigenvalue weighted by molar-refractivity contribution is 5.79. The van der Waals surface area contributed by atoms with Crippen LogP contribution in [0.3, 0.4) is 0 Å². The highest BCUT2D eigenvalue weighted by Gasteiger charge is 2.28. The number of likely N-dealkylation sites (N-methyl/N-ethyl adjacent to an activating group) is 1. The lowest BCUT2D eigenvalue weighted by molar-refractivity contribution is -0.384. The number of likely N-dealkylation sites (tertiary alicyclic amines) is 1. The van der Waals surface area contributed by atoms with Crippen molar-refractivity contribution < 1.29 is 14.8 Å². The molecule has 0 spiro atoms. The van der Waals surface area contributed by atoms with Crippen molar-refractivity contribution in [3.05, 3.63) is 75.8 Å². The van der Waals surface area contributed by atoms with Crippen molar-refractivity contribution in [3.63, 3.8) is 0 Å². The first kappa shape index (κ1) is 20.0. The molecular formula is C21H25N3O4. The minimum atomic E-state index is -0.455. The number of nitro groups is 1. The number of nitro benzene ring substituents is 1. The van der Waals surface area contributed by atoms with Crippen molar-refractivity contribution in [2.45, 2.75) is 25.0 Å². The second kappa shape index (κ2) is 8.95. The van der Waals surface area contributed by atoms with E-state index < -0.39 is 4.92 Å². The highest BCUT2D eigenvalue weighted by Crippen LogP contribution is 2.24. The molecule has 7 heteroatoms. The van der Waals surface area contributed by atoms with E-state index in [-0.39, 0.29) is 30.2 Å². The first-order chi connectivity index (χ1) is 13.4. The van der Waals surface area contributed by atoms with Crippen molar-refractivity contribution in [3.8, 4) is 0 Å². The van der Waals surface area contributed by atoms with Crippen molar-refractivity contribution in [2.24, 2.45) is 0 Å². The normalized spacial score (nSPS) is 18.0. The van der Waals surface area contributed by atoms with Crippen molar-refractivity contribution >= 4 is 11.6 Å². The number of aliphatic hydroxyl groups is 1. The Hall–Kier alpha value is -2.77. The van der Waals surface area contributed by atoms with Crippen molar-refractivity contribution in [1.29, 1.82) is 0 Å². The van der Waals surface area contributed by atoms with Gasteiger partial charge in [-0.3, -0.25) is 19.8 Å². The fourth-order valence-corrected chi connectivity index (χ4v) is 3.60. The largest absolute Gasteiger partial charge is 0.392 e. The van der Waals surface area contributed by atoms with E-state index in [0.717, 1.165) is 18.5 Å². The summed E-state index contributed by atoms with van der Waals surface area (Å²) in [7, 11) is 1.77. The fourth-order valence-electron chi connectivity index (χ4n) is 3.60. The number of nitrogens with zero attached hydrogens (tertiary/aromatic N) is 3. The predicted octanol–water partition coefficient (Wildman–Crippen LogP) is 2.40. The molecule has 3 rings (SSSR count). The lowest BCUT2D eigenvalue weighted by atomic mass is 10.0. The molecule has 2 aromatic rings. The summed E-state index contributed by atoms with van der Waals surface area (Å²) < 4.78 is 0. The Labute approximate surface area is 164 Å². The van der Waals surface area contributed by atoms with Gasteiger partial charge >= 0.3 is 0 Å². The molecule has 0 radical (unpaired) electrons. The van der Waals surface area contributed by atoms with Gasteiger partial charge in [0.15, 0.2) is 0 Å². The first-order valence-corrected chi connectivity index (χ1v) is 9.38. The molecule has 1 aliphatic heterocycles. The maximum Gasteiger partial charge on any atom is 0.269 e. The van der Waals surface area contributed by atoms with Crippen LogP contribution in [0.15, 0.2) is 54.6 Å². The quantitative estimate of drug-likeness (QED) is 0.586. The summed E-state index contributed by atoms with van der Waals surface area (Å²) in [5.74, 6) is -0.103. The summed E-state index contributed by atoms with van der Waals surface area (Å²) in [6, 6.07) is 15.9. The molecule has 148 valence electrons. The summed E-state index contributed by atoms with van der Waals surface area (Å²) >= 11 is 0. The number of rotatable bonds is 7. The molecule has 0 aromatic heterocycles. The first-order valence-electron chi connectivity index (χ1n) is 9.38. The van der Waals surface area contributed by atoms with E-state index in [4.69, 9.17) is 0 Å². The van der Waals surface area contributed by atoms with Crippen LogP contribution in [0.2, 0.25) is 0 Å². The molecule has 1 aliphatic rings. The van der Waals surface area contributed by atoms with E-state index in [9.17, 15) is 20.0 Å². The Balaban J connectivity index is 1.76. The monoisotopic (exact) mass is 383 g/mol. The number of non-ortho nitro benzene ring substituents is 1. The molecule has 1 heterocycles. The molecule has 0 bridgehead atoms. The maximum absolute atomic E-state index is 12.9. The predicted molar refractivity (Wildman–Crippen MR) is 106 cm³/mol. The number of benzene rings is 2. The van der Waals surface area contributed by atoms with Crippen LogP contribution in [-0.4, -0.2) is 58.5 Å². The smallest absolute Gasteiger partial charge is 0.269 e. The molecule has 1 amide bonds. The van der Waals surface area contributed by atoms with Gasteiger partial charge in [0, 0.05) is 38.8 Å². The SMILES string of the molecule is CN(C(=O)Cc1cccc([N+](=O)[O-])c1)C(CN1CCC(O)C1)c1ccccc1. The van der Waals surface area contributed by atoms with E-state index in [2.05, 4.69) is 4.90 Å². The zero-order valence-electron chi connectivity index (χ0n) is 15.9. The maximum atomic E-state index is 12.9. The van der Waals surface area contributed by atoms with Crippen LogP contribution in [-0.2, 0) is 11.2 Å². The molecular weight excluding hydrogens is 358 g/mol. The van der Waals surface area contributed by atoms with Gasteiger partial charge in [-0.05, 0) is 17.5 Å². The molecule has 1 saturated heterocycles. The van der Waals surface area contributed by atoms with Gasteiger partial charge in [-0.1, -0.05) is 42.5 Å². The Morgan fingerprint density at radius 1 is 1.29 bits per heavy atom. The number of carbonyl (C=O) groups is 1. The third kappa shape index (κ3) is 4.94. The molecule has 0 saturated carbocycles. The summed E-state index contributed by atoms with van der Waals surface area (Å²) in [6.07, 6.45) is 0.527. The molecule has 7 nitrogen and oxygen atoms in total. The van der Waals surface area contributed by atoms with E-state index in [0.29, 0.717) is 18.7 Å². The minimum Gasteiger partial charge on any atom is -0.392 e. The molecule has 28 heavy (non-hydrogen) atoms. The topological polar surface area (TPSA) is 86.9 Å². The Morgan fingerprint density at radius 3 is 2.68 bits per heavy atom. The van der Waals surface area contributed by atoms with Crippen LogP contribution in [0.1, 0.15) is 23.6 Å². The fraction of sp³-hybridized carbons (Fsp3) is 0.381. The number of carbonyl (C=O) groups excluding carboxylic acids is 1. The van der Waals surface area contributed by atoms with Gasteiger partial charge < -0.3 is 10.0 Å². The van der Waals surface area contributed by atoms with Gasteiger partial charge in [0.1, 0.15) is 0 Å². The average molecular weight is 383 g/mol. The van der Waals surface area contributed by atoms with E-state index in [1.807, 2.05) is 30.3 Å². The van der Waals surface area contributed by atoms with Gasteiger partial charge in [-0.15, -0.1) is 0 Å². The van der Waals surface area contributed by atoms with Gasteiger partial charge in [0.2, 0.25) is 5.91 Å². The Bertz CT molecular complexity index is 827. The summed E-state index contributed by atoms with van der Waals surface area (Å²) in [5, 5.41) is 20.8. The number of β-amino-alcohol motifs (C(OH)–C–C–N with tert-alkyl or cyclic N) is 1. The number of hydrogen-bond donors (Lipinski definition) is 1. The second-order valence-electron chi connectivity index (χ2n) is 7.24. The third-order valence-electron chi connectivity index (χ3n) is 5.20. The second-order valence-corrected chi connectivity index (χ2v) is 7.24. The van der Waals surface area contributed by atoms with Crippen LogP contribution in [0.5, 0.6) is 0 Å². The van der Waals surface area contributed by atoms with E-state index in [1.54, 1.807) is 24.1 Å². The highest BCUT2D eigenvalue weighted by atomic mass is 16.6. The van der Waals surface area contributed by atoms with Crippen LogP contribution in [0, 0.1) is 10.1 Å². The van der Waals surface area contributed by atoms with E-state index in [1.165, 1.54) is 12.1 Å². The lowest BCUT2D eigenvalue weighted by Gasteiger charge is -2.32. The molecule has 2 unspecified atom stereocenters. The van der Waals surface area contributed by atoms with Gasteiger partial charge in [-0.25, -0.2) is 0 Å². The van der Waals surface area contributed by atoms with Crippen LogP contribution < -0.4 is 0 Å². The van der Waals surface area contributed by atoms with Crippen LogP contribution in [0.25, 0.3) is 0 Å². The van der Waals surface area contributed by atoms with Crippen LogP contribution in [0.4, 0.5) is 5.69 Å². The number of amides is 1. The number of aliphatic hydroxyl groups excluding tert-OH is 1. The summed E-state index contributed by atoms with van der Waals surface area (Å²) in [4.78, 5) is 27.3. The Kier molecular flexibility index (Phi) is 6.38. The summed E-state index contributed by atoms with van der Waals surface area (Å²) in [6.45, 7) is 2.05. The zero-order chi connectivity index (χ0) is 20.1. The zero-order valence-corrected chi connectivity index (χ0v) is 15.9. The lowest BCUT2D eigenvalue weighted by Crippen LogP contribution is -2.39. The van der Waals surface area contributed by atoms with Gasteiger partial charge in [0.05, 0.1) is 23.5 Å². The van der Waals surface area contributed by atoms with Crippen LogP contribution >= 0.6 is 0 Å². The van der Waals surface area contributed by atoms with E-state index >= 15 is 0 Å². The summed E-state index contributed by atoms with van der Waals surface area (Å²) in [5.41, 5.74) is 1.63. The van der Waals surface area contributed by atoms with Gasteiger partial charge in [-0.2, -0.15) is 0 Å². The Morgan fingerprint density at radius 2 is 2.04 bits per heavy atom. The molecule has 1 N–H and O–H groups in total. The molecule has 2 atom stereocenters. The minimum absolute atomic E-state index is 0.0152. The van der Waals surface area contributed by atoms with Gasteiger partial charge in [0.25, 0.3) is 5.69 Å². The average Bonchev–Trinajstić information content (AvgIpc) is 3.11. The number of hydrogen-bond acceptors (Lipinski definition) is 5. The van der Waals surface area contributed by atoms with Crippen molar-refractivity contribution in [2.75, 3.05) is 26.7 Å². The molecule has 1 fully saturated rings. The van der Waals surface area contributed by atoms with Crippen molar-refractivity contribution in [1.82, 2.24) is 9.80 Å².